The van der Waals surface area contributed by atoms with E-state index in [0.717, 1.165) is 11.8 Å². The number of hydrogen-bond donors (Lipinski definition) is 3. The van der Waals surface area contributed by atoms with E-state index in [1.54, 1.807) is 26.0 Å². The Labute approximate surface area is 172 Å². The van der Waals surface area contributed by atoms with E-state index in [9.17, 15) is 18.0 Å². The lowest BCUT2D eigenvalue weighted by Gasteiger charge is -2.10. The van der Waals surface area contributed by atoms with Crippen molar-refractivity contribution in [3.05, 3.63) is 35.5 Å². The van der Waals surface area contributed by atoms with Gasteiger partial charge in [-0.3, -0.25) is 4.79 Å². The van der Waals surface area contributed by atoms with Crippen molar-refractivity contribution < 1.29 is 22.7 Å². The van der Waals surface area contributed by atoms with E-state index < -0.39 is 16.0 Å². The van der Waals surface area contributed by atoms with Crippen molar-refractivity contribution >= 4 is 45.2 Å². The van der Waals surface area contributed by atoms with Gasteiger partial charge in [0.15, 0.2) is 5.16 Å². The molecule has 2 aromatic rings. The van der Waals surface area contributed by atoms with Crippen LogP contribution >= 0.6 is 11.8 Å². The SMILES string of the molecule is CCOC(=O)c1cnc(SCC(=O)Nc2ccc(C)c(S(=O)(=O)NC)c2)nc1N. The molecule has 0 radical (unpaired) electrons. The molecule has 0 saturated carbocycles. The van der Waals surface area contributed by atoms with Crippen LogP contribution in [0.3, 0.4) is 0 Å². The zero-order chi connectivity index (χ0) is 21.6. The number of hydrogen-bond acceptors (Lipinski definition) is 9. The molecule has 0 fully saturated rings. The summed E-state index contributed by atoms with van der Waals surface area (Å²) < 4.78 is 31.2. The summed E-state index contributed by atoms with van der Waals surface area (Å²) in [6.07, 6.45) is 1.25. The smallest absolute Gasteiger partial charge is 0.343 e. The molecule has 156 valence electrons. The summed E-state index contributed by atoms with van der Waals surface area (Å²) in [5.74, 6) is -1.09. The first-order valence-corrected chi connectivity index (χ1v) is 10.9. The Morgan fingerprint density at radius 1 is 1.31 bits per heavy atom. The Morgan fingerprint density at radius 2 is 2.03 bits per heavy atom. The standard InChI is InChI=1S/C17H21N5O5S2/c1-4-27-16(24)12-8-20-17(22-15(12)18)28-9-14(23)21-11-6-5-10(2)13(7-11)29(25,26)19-3/h5-8,19H,4,9H2,1-3H3,(H,21,23)(H2,18,20,22). The molecule has 4 N–H and O–H groups in total. The van der Waals surface area contributed by atoms with E-state index >= 15 is 0 Å². The van der Waals surface area contributed by atoms with Crippen LogP contribution in [-0.4, -0.2) is 49.7 Å². The number of nitrogens with zero attached hydrogens (tertiary/aromatic N) is 2. The molecule has 0 aliphatic carbocycles. The summed E-state index contributed by atoms with van der Waals surface area (Å²) in [4.78, 5) is 31.9. The number of nitrogens with two attached hydrogens (primary N) is 1. The summed E-state index contributed by atoms with van der Waals surface area (Å²) >= 11 is 1.02. The molecule has 1 aromatic carbocycles. The Hall–Kier alpha value is -2.70. The van der Waals surface area contributed by atoms with Crippen LogP contribution in [0.15, 0.2) is 34.4 Å². The average molecular weight is 440 g/mol. The number of nitrogens with one attached hydrogen (secondary N) is 2. The van der Waals surface area contributed by atoms with Crippen LogP contribution in [0, 0.1) is 6.92 Å². The van der Waals surface area contributed by atoms with E-state index in [0.29, 0.717) is 11.3 Å². The molecule has 1 amide bonds. The van der Waals surface area contributed by atoms with E-state index in [-0.39, 0.29) is 39.7 Å². The predicted molar refractivity (Wildman–Crippen MR) is 109 cm³/mol. The highest BCUT2D eigenvalue weighted by molar-refractivity contribution is 7.99. The Kier molecular flexibility index (Phi) is 7.53. The van der Waals surface area contributed by atoms with Crippen LogP contribution in [0.4, 0.5) is 11.5 Å². The number of sulfonamides is 1. The molecule has 12 heteroatoms. The lowest BCUT2D eigenvalue weighted by Crippen LogP contribution is -2.20. The maximum Gasteiger partial charge on any atom is 0.343 e. The van der Waals surface area contributed by atoms with Crippen molar-refractivity contribution in [2.75, 3.05) is 30.5 Å². The van der Waals surface area contributed by atoms with Crippen molar-refractivity contribution in [3.63, 3.8) is 0 Å². The highest BCUT2D eigenvalue weighted by Gasteiger charge is 2.17. The molecule has 0 saturated heterocycles. The van der Waals surface area contributed by atoms with Crippen LogP contribution < -0.4 is 15.8 Å². The van der Waals surface area contributed by atoms with E-state index in [1.807, 2.05) is 0 Å². The molecule has 0 bridgehead atoms. The van der Waals surface area contributed by atoms with Gasteiger partial charge >= 0.3 is 5.97 Å². The third-order valence-corrected chi connectivity index (χ3v) is 6.07. The second kappa shape index (κ2) is 9.67. The highest BCUT2D eigenvalue weighted by atomic mass is 32.2. The van der Waals surface area contributed by atoms with Gasteiger partial charge in [-0.1, -0.05) is 17.8 Å². The van der Waals surface area contributed by atoms with Crippen molar-refractivity contribution in [1.82, 2.24) is 14.7 Å². The van der Waals surface area contributed by atoms with Crippen molar-refractivity contribution in [1.29, 1.82) is 0 Å². The zero-order valence-electron chi connectivity index (χ0n) is 16.1. The normalized spacial score (nSPS) is 11.1. The Balaban J connectivity index is 2.03. The van der Waals surface area contributed by atoms with Crippen LogP contribution in [-0.2, 0) is 19.6 Å². The molecular formula is C17H21N5O5S2. The number of ether oxygens (including phenoxy) is 1. The van der Waals surface area contributed by atoms with Gasteiger partial charge in [0.05, 0.1) is 17.3 Å². The van der Waals surface area contributed by atoms with Crippen LogP contribution in [0.2, 0.25) is 0 Å². The number of carbonyl (C=O) groups excluding carboxylic acids is 2. The minimum Gasteiger partial charge on any atom is -0.462 e. The zero-order valence-corrected chi connectivity index (χ0v) is 17.7. The van der Waals surface area contributed by atoms with Crippen molar-refractivity contribution in [2.24, 2.45) is 0 Å². The van der Waals surface area contributed by atoms with Crippen molar-refractivity contribution in [2.45, 2.75) is 23.9 Å². The van der Waals surface area contributed by atoms with Gasteiger partial charge in [-0.05, 0) is 38.6 Å². The summed E-state index contributed by atoms with van der Waals surface area (Å²) in [6, 6.07) is 4.59. The van der Waals surface area contributed by atoms with Gasteiger partial charge < -0.3 is 15.8 Å². The molecule has 1 aromatic heterocycles. The maximum absolute atomic E-state index is 12.2. The number of amides is 1. The fourth-order valence-electron chi connectivity index (χ4n) is 2.22. The topological polar surface area (TPSA) is 153 Å². The molecule has 29 heavy (non-hydrogen) atoms. The second-order valence-electron chi connectivity index (χ2n) is 5.70. The summed E-state index contributed by atoms with van der Waals surface area (Å²) in [6.45, 7) is 3.53. The molecule has 0 unspecified atom stereocenters. The molecule has 0 aliphatic rings. The monoisotopic (exact) mass is 439 g/mol. The minimum absolute atomic E-state index is 0.0400. The lowest BCUT2D eigenvalue weighted by atomic mass is 10.2. The third-order valence-electron chi connectivity index (χ3n) is 3.65. The summed E-state index contributed by atoms with van der Waals surface area (Å²) in [5, 5.41) is 2.84. The maximum atomic E-state index is 12.2. The lowest BCUT2D eigenvalue weighted by molar-refractivity contribution is -0.113. The molecule has 0 aliphatic heterocycles. The van der Waals surface area contributed by atoms with Crippen molar-refractivity contribution in [3.8, 4) is 0 Å². The number of aryl methyl sites for hydroxylation is 1. The predicted octanol–water partition coefficient (Wildman–Crippen LogP) is 1.18. The number of thioether (sulfide) groups is 1. The van der Waals surface area contributed by atoms with Gasteiger partial charge in [0, 0.05) is 11.9 Å². The number of nitrogen functional groups attached to an aromatic ring is 1. The quantitative estimate of drug-likeness (QED) is 0.312. The number of rotatable bonds is 8. The Bertz CT molecular complexity index is 1030. The average Bonchev–Trinajstić information content (AvgIpc) is 2.68. The van der Waals surface area contributed by atoms with Crippen LogP contribution in [0.25, 0.3) is 0 Å². The van der Waals surface area contributed by atoms with E-state index in [1.165, 1.54) is 19.3 Å². The molecular weight excluding hydrogens is 418 g/mol. The first kappa shape index (κ1) is 22.6. The first-order chi connectivity index (χ1) is 13.7. The minimum atomic E-state index is -3.64. The van der Waals surface area contributed by atoms with E-state index in [2.05, 4.69) is 20.0 Å². The molecule has 10 nitrogen and oxygen atoms in total. The number of carbonyl (C=O) groups is 2. The molecule has 0 atom stereocenters. The van der Waals surface area contributed by atoms with Gasteiger partial charge in [0.25, 0.3) is 0 Å². The third kappa shape index (κ3) is 5.89. The van der Waals surface area contributed by atoms with Gasteiger partial charge in [-0.2, -0.15) is 0 Å². The molecule has 0 spiro atoms. The van der Waals surface area contributed by atoms with Gasteiger partial charge in [-0.25, -0.2) is 27.9 Å². The van der Waals surface area contributed by atoms with Gasteiger partial charge in [0.1, 0.15) is 11.4 Å². The van der Waals surface area contributed by atoms with Gasteiger partial charge in [-0.15, -0.1) is 0 Å². The van der Waals surface area contributed by atoms with Crippen LogP contribution in [0.1, 0.15) is 22.8 Å². The summed E-state index contributed by atoms with van der Waals surface area (Å²) in [7, 11) is -2.33. The van der Waals surface area contributed by atoms with E-state index in [4.69, 9.17) is 10.5 Å². The largest absolute Gasteiger partial charge is 0.462 e. The summed E-state index contributed by atoms with van der Waals surface area (Å²) in [5.41, 5.74) is 6.69. The number of aromatic nitrogens is 2. The number of anilines is 2. The molecule has 1 heterocycles. The van der Waals surface area contributed by atoms with Crippen LogP contribution in [0.5, 0.6) is 0 Å². The fourth-order valence-corrected chi connectivity index (χ4v) is 3.83. The fraction of sp³-hybridized carbons (Fsp3) is 0.294. The highest BCUT2D eigenvalue weighted by Crippen LogP contribution is 2.21. The first-order valence-electron chi connectivity index (χ1n) is 8.44. The number of esters is 1. The Morgan fingerprint density at radius 3 is 2.66 bits per heavy atom. The van der Waals surface area contributed by atoms with Gasteiger partial charge in [0.2, 0.25) is 15.9 Å². The second-order valence-corrected chi connectivity index (χ2v) is 8.49. The molecule has 2 rings (SSSR count). The number of benzene rings is 1.